The zero-order valence-corrected chi connectivity index (χ0v) is 14.5. The molecule has 1 aliphatic rings. The van der Waals surface area contributed by atoms with Crippen LogP contribution in [0.1, 0.15) is 22.3 Å². The number of benzene rings is 1. The molecular formula is C18H22F2N4O2. The van der Waals surface area contributed by atoms with Gasteiger partial charge in [-0.05, 0) is 25.1 Å². The van der Waals surface area contributed by atoms with E-state index in [4.69, 9.17) is 0 Å². The molecule has 2 heterocycles. The molecule has 2 N–H and O–H groups in total. The zero-order chi connectivity index (χ0) is 18.7. The summed E-state index contributed by atoms with van der Waals surface area (Å²) in [5, 5.41) is 17.1. The molecule has 26 heavy (non-hydrogen) atoms. The van der Waals surface area contributed by atoms with Crippen molar-refractivity contribution in [2.45, 2.75) is 19.1 Å². The van der Waals surface area contributed by atoms with Crippen LogP contribution in [0.3, 0.4) is 0 Å². The topological polar surface area (TPSA) is 70.4 Å². The first-order valence-electron chi connectivity index (χ1n) is 8.53. The number of nitrogens with one attached hydrogen (secondary N) is 1. The van der Waals surface area contributed by atoms with Gasteiger partial charge in [-0.2, -0.15) is 5.10 Å². The summed E-state index contributed by atoms with van der Waals surface area (Å²) >= 11 is 0. The molecule has 1 amide bonds. The van der Waals surface area contributed by atoms with E-state index in [2.05, 4.69) is 15.3 Å². The number of carbonyl (C=O) groups excluding carboxylic acids is 1. The van der Waals surface area contributed by atoms with Gasteiger partial charge in [0.25, 0.3) is 5.91 Å². The number of hydrogen-bond acceptors (Lipinski definition) is 4. The van der Waals surface area contributed by atoms with E-state index in [1.807, 2.05) is 13.2 Å². The summed E-state index contributed by atoms with van der Waals surface area (Å²) < 4.78 is 28.3. The van der Waals surface area contributed by atoms with Crippen molar-refractivity contribution in [3.8, 4) is 0 Å². The summed E-state index contributed by atoms with van der Waals surface area (Å²) in [4.78, 5) is 14.2. The van der Waals surface area contributed by atoms with Crippen molar-refractivity contribution in [2.75, 3.05) is 19.6 Å². The molecule has 0 unspecified atom stereocenters. The fourth-order valence-electron chi connectivity index (χ4n) is 3.23. The Labute approximate surface area is 150 Å². The molecule has 0 spiro atoms. The van der Waals surface area contributed by atoms with Crippen molar-refractivity contribution in [3.63, 3.8) is 0 Å². The van der Waals surface area contributed by atoms with Gasteiger partial charge in [-0.3, -0.25) is 14.4 Å². The fraction of sp³-hybridized carbons (Fsp3) is 0.444. The SMILES string of the molecule is Cn1cc(CN2CC[C@@H](CNC(=O)c3ccc(F)cc3F)[C@H](O)C2)cn1. The molecule has 1 saturated heterocycles. The average Bonchev–Trinajstić information content (AvgIpc) is 2.98. The Bertz CT molecular complexity index is 780. The molecule has 1 aliphatic heterocycles. The van der Waals surface area contributed by atoms with Crippen LogP contribution in [-0.4, -0.2) is 51.4 Å². The molecular weight excluding hydrogens is 342 g/mol. The summed E-state index contributed by atoms with van der Waals surface area (Å²) in [5.41, 5.74) is 0.883. The Balaban J connectivity index is 1.49. The van der Waals surface area contributed by atoms with Crippen molar-refractivity contribution in [3.05, 3.63) is 53.4 Å². The molecule has 140 valence electrons. The second-order valence-electron chi connectivity index (χ2n) is 6.71. The van der Waals surface area contributed by atoms with Crippen LogP contribution in [0.15, 0.2) is 30.6 Å². The second kappa shape index (κ2) is 7.92. The second-order valence-corrected chi connectivity index (χ2v) is 6.71. The normalized spacial score (nSPS) is 20.9. The lowest BCUT2D eigenvalue weighted by atomic mass is 9.93. The van der Waals surface area contributed by atoms with Crippen LogP contribution < -0.4 is 5.32 Å². The van der Waals surface area contributed by atoms with E-state index in [9.17, 15) is 18.7 Å². The van der Waals surface area contributed by atoms with Gasteiger partial charge in [-0.15, -0.1) is 0 Å². The Morgan fingerprint density at radius 3 is 2.88 bits per heavy atom. The third-order valence-corrected chi connectivity index (χ3v) is 4.67. The first kappa shape index (κ1) is 18.5. The van der Waals surface area contributed by atoms with Crippen LogP contribution in [0, 0.1) is 17.6 Å². The van der Waals surface area contributed by atoms with Crippen LogP contribution in [-0.2, 0) is 13.6 Å². The van der Waals surface area contributed by atoms with E-state index in [-0.39, 0.29) is 18.0 Å². The van der Waals surface area contributed by atoms with Gasteiger partial charge in [0.05, 0.1) is 17.9 Å². The highest BCUT2D eigenvalue weighted by atomic mass is 19.1. The largest absolute Gasteiger partial charge is 0.391 e. The monoisotopic (exact) mass is 364 g/mol. The number of likely N-dealkylation sites (tertiary alicyclic amines) is 1. The first-order valence-corrected chi connectivity index (χ1v) is 8.53. The maximum atomic E-state index is 13.6. The van der Waals surface area contributed by atoms with Crippen LogP contribution in [0.4, 0.5) is 8.78 Å². The summed E-state index contributed by atoms with van der Waals surface area (Å²) in [5.74, 6) is -2.33. The van der Waals surface area contributed by atoms with Gasteiger partial charge in [0.2, 0.25) is 0 Å². The number of aliphatic hydroxyl groups is 1. The molecule has 6 nitrogen and oxygen atoms in total. The highest BCUT2D eigenvalue weighted by Gasteiger charge is 2.28. The van der Waals surface area contributed by atoms with Gasteiger partial charge >= 0.3 is 0 Å². The third kappa shape index (κ3) is 4.44. The van der Waals surface area contributed by atoms with E-state index < -0.39 is 23.6 Å². The van der Waals surface area contributed by atoms with Crippen molar-refractivity contribution in [2.24, 2.45) is 13.0 Å². The number of carbonyl (C=O) groups is 1. The molecule has 2 aromatic rings. The predicted molar refractivity (Wildman–Crippen MR) is 91.3 cm³/mol. The number of rotatable bonds is 5. The lowest BCUT2D eigenvalue weighted by Crippen LogP contribution is -2.47. The Kier molecular flexibility index (Phi) is 5.63. The maximum absolute atomic E-state index is 13.6. The minimum atomic E-state index is -0.894. The Morgan fingerprint density at radius 2 is 2.23 bits per heavy atom. The zero-order valence-electron chi connectivity index (χ0n) is 14.5. The quantitative estimate of drug-likeness (QED) is 0.839. The van der Waals surface area contributed by atoms with E-state index in [1.165, 1.54) is 0 Å². The number of amides is 1. The van der Waals surface area contributed by atoms with Crippen molar-refractivity contribution >= 4 is 5.91 Å². The van der Waals surface area contributed by atoms with Crippen LogP contribution in [0.25, 0.3) is 0 Å². The molecule has 0 saturated carbocycles. The van der Waals surface area contributed by atoms with E-state index in [0.29, 0.717) is 25.6 Å². The van der Waals surface area contributed by atoms with Gasteiger partial charge in [0.1, 0.15) is 11.6 Å². The lowest BCUT2D eigenvalue weighted by molar-refractivity contribution is 0.0190. The third-order valence-electron chi connectivity index (χ3n) is 4.67. The Hall–Kier alpha value is -2.32. The van der Waals surface area contributed by atoms with Gasteiger partial charge in [0.15, 0.2) is 0 Å². The van der Waals surface area contributed by atoms with Gasteiger partial charge in [-0.25, -0.2) is 8.78 Å². The molecule has 1 aromatic carbocycles. The molecule has 3 rings (SSSR count). The fourth-order valence-corrected chi connectivity index (χ4v) is 3.23. The van der Waals surface area contributed by atoms with E-state index in [1.54, 1.807) is 10.9 Å². The molecule has 0 radical (unpaired) electrons. The maximum Gasteiger partial charge on any atom is 0.254 e. The van der Waals surface area contributed by atoms with Crippen molar-refractivity contribution < 1.29 is 18.7 Å². The highest BCUT2D eigenvalue weighted by molar-refractivity contribution is 5.94. The first-order chi connectivity index (χ1) is 12.4. The number of aliphatic hydroxyl groups excluding tert-OH is 1. The minimum absolute atomic E-state index is 0.104. The number of halogens is 2. The standard InChI is InChI=1S/C18H22F2N4O2/c1-23-9-12(7-22-23)10-24-5-4-13(17(25)11-24)8-21-18(26)15-3-2-14(19)6-16(15)20/h2-3,6-7,9,13,17,25H,4-5,8,10-11H2,1H3,(H,21,26)/t13-,17+/m0/s1. The van der Waals surface area contributed by atoms with Crippen molar-refractivity contribution in [1.82, 2.24) is 20.0 Å². The smallest absolute Gasteiger partial charge is 0.254 e. The molecule has 2 atom stereocenters. The lowest BCUT2D eigenvalue weighted by Gasteiger charge is -2.35. The number of aromatic nitrogens is 2. The number of piperidine rings is 1. The molecule has 8 heteroatoms. The van der Waals surface area contributed by atoms with E-state index in [0.717, 1.165) is 24.2 Å². The molecule has 1 fully saturated rings. The van der Waals surface area contributed by atoms with E-state index >= 15 is 0 Å². The van der Waals surface area contributed by atoms with Crippen molar-refractivity contribution in [1.29, 1.82) is 0 Å². The Morgan fingerprint density at radius 1 is 1.42 bits per heavy atom. The summed E-state index contributed by atoms with van der Waals surface area (Å²) in [6.07, 6.45) is 3.87. The molecule has 1 aromatic heterocycles. The number of β-amino-alcohol motifs (C(OH)–C–C–N with tert-alkyl or cyclic N) is 1. The van der Waals surface area contributed by atoms with Gasteiger partial charge in [0, 0.05) is 50.4 Å². The summed E-state index contributed by atoms with van der Waals surface area (Å²) in [6, 6.07) is 2.84. The van der Waals surface area contributed by atoms with Crippen LogP contribution in [0.5, 0.6) is 0 Å². The highest BCUT2D eigenvalue weighted by Crippen LogP contribution is 2.19. The summed E-state index contributed by atoms with van der Waals surface area (Å²) in [7, 11) is 1.86. The average molecular weight is 364 g/mol. The number of nitrogens with zero attached hydrogens (tertiary/aromatic N) is 3. The van der Waals surface area contributed by atoms with Gasteiger partial charge in [-0.1, -0.05) is 0 Å². The molecule has 0 bridgehead atoms. The van der Waals surface area contributed by atoms with Crippen LogP contribution in [0.2, 0.25) is 0 Å². The predicted octanol–water partition coefficient (Wildman–Crippen LogP) is 1.31. The summed E-state index contributed by atoms with van der Waals surface area (Å²) in [6.45, 7) is 2.25. The van der Waals surface area contributed by atoms with Gasteiger partial charge < -0.3 is 10.4 Å². The number of hydrogen-bond donors (Lipinski definition) is 2. The molecule has 0 aliphatic carbocycles. The minimum Gasteiger partial charge on any atom is -0.391 e. The van der Waals surface area contributed by atoms with Crippen LogP contribution >= 0.6 is 0 Å². The number of aryl methyl sites for hydroxylation is 1.